The van der Waals surface area contributed by atoms with E-state index in [1.807, 2.05) is 6.07 Å². The number of urea groups is 1. The molecule has 0 aromatic heterocycles. The molecule has 0 bridgehead atoms. The van der Waals surface area contributed by atoms with E-state index >= 15 is 0 Å². The van der Waals surface area contributed by atoms with Crippen molar-refractivity contribution in [1.29, 1.82) is 0 Å². The van der Waals surface area contributed by atoms with Crippen LogP contribution in [0.3, 0.4) is 0 Å². The number of nitrogens with zero attached hydrogens (tertiary/aromatic N) is 1. The van der Waals surface area contributed by atoms with Crippen molar-refractivity contribution in [3.63, 3.8) is 0 Å². The molecule has 2 amide bonds. The Bertz CT molecular complexity index is 872. The summed E-state index contributed by atoms with van der Waals surface area (Å²) in [5, 5.41) is 15.1. The minimum absolute atomic E-state index is 0.0947. The molecule has 31 heavy (non-hydrogen) atoms. The Hall–Kier alpha value is -2.65. The van der Waals surface area contributed by atoms with Crippen LogP contribution in [0.15, 0.2) is 12.1 Å². The molecule has 4 N–H and O–H groups in total. The van der Waals surface area contributed by atoms with Gasteiger partial charge in [-0.25, -0.2) is 4.79 Å². The van der Waals surface area contributed by atoms with Crippen molar-refractivity contribution in [2.24, 2.45) is 11.8 Å². The zero-order valence-electron chi connectivity index (χ0n) is 18.6. The highest BCUT2D eigenvalue weighted by Gasteiger charge is 2.60. The predicted octanol–water partition coefficient (Wildman–Crippen LogP) is 1.38. The zero-order chi connectivity index (χ0) is 22.8. The van der Waals surface area contributed by atoms with Gasteiger partial charge in [-0.05, 0) is 36.0 Å². The number of ketones is 2. The molecule has 2 fully saturated rings. The van der Waals surface area contributed by atoms with Crippen LogP contribution in [0.5, 0.6) is 5.75 Å². The Morgan fingerprint density at radius 2 is 2.13 bits per heavy atom. The minimum atomic E-state index is -1.45. The average molecular weight is 433 g/mol. The number of piperazine rings is 1. The summed E-state index contributed by atoms with van der Waals surface area (Å²) < 4.78 is 5.55. The maximum Gasteiger partial charge on any atom is 0.318 e. The number of amides is 2. The second-order valence-electron chi connectivity index (χ2n) is 8.63. The van der Waals surface area contributed by atoms with Crippen LogP contribution in [-0.4, -0.2) is 67.0 Å². The van der Waals surface area contributed by atoms with Gasteiger partial charge in [0.05, 0.1) is 7.11 Å². The lowest BCUT2D eigenvalue weighted by molar-refractivity contribution is -0.137. The summed E-state index contributed by atoms with van der Waals surface area (Å²) in [4.78, 5) is 40.5. The van der Waals surface area contributed by atoms with Gasteiger partial charge >= 0.3 is 6.03 Å². The molecule has 0 unspecified atom stereocenters. The fourth-order valence-corrected chi connectivity index (χ4v) is 4.83. The number of hydrogen-bond acceptors (Lipinski definition) is 7. The lowest BCUT2D eigenvalue weighted by Gasteiger charge is -2.42. The number of rotatable bonds is 6. The van der Waals surface area contributed by atoms with Gasteiger partial charge < -0.3 is 20.3 Å². The van der Waals surface area contributed by atoms with Crippen LogP contribution in [0.25, 0.3) is 0 Å². The molecule has 1 saturated carbocycles. The highest BCUT2D eigenvalue weighted by molar-refractivity contribution is 6.20. The summed E-state index contributed by atoms with van der Waals surface area (Å²) in [5.74, 6) is -0.105. The van der Waals surface area contributed by atoms with Crippen LogP contribution in [-0.2, 0) is 22.4 Å². The third-order valence-electron chi connectivity index (χ3n) is 6.25. The minimum Gasteiger partial charge on any atom is -0.494 e. The first-order valence-electron chi connectivity index (χ1n) is 10.7. The number of Topliss-reactive ketones (excluding diaryl/α,β-unsaturated/α-hetero) is 2. The maximum absolute atomic E-state index is 13.6. The molecular weight excluding hydrogens is 400 g/mol. The van der Waals surface area contributed by atoms with Gasteiger partial charge in [0.2, 0.25) is 0 Å². The monoisotopic (exact) mass is 432 g/mol. The third-order valence-corrected chi connectivity index (χ3v) is 6.25. The van der Waals surface area contributed by atoms with Crippen molar-refractivity contribution in [3.8, 4) is 5.75 Å². The molecule has 0 radical (unpaired) electrons. The van der Waals surface area contributed by atoms with Crippen LogP contribution in [0.4, 0.5) is 10.5 Å². The van der Waals surface area contributed by atoms with Crippen LogP contribution in [0.2, 0.25) is 0 Å². The van der Waals surface area contributed by atoms with E-state index < -0.39 is 17.5 Å². The van der Waals surface area contributed by atoms with E-state index in [2.05, 4.69) is 30.0 Å². The number of carbonyl (C=O) groups is 3. The second kappa shape index (κ2) is 9.23. The molecule has 1 heterocycles. The molecule has 1 aromatic rings. The summed E-state index contributed by atoms with van der Waals surface area (Å²) >= 11 is 0. The summed E-state index contributed by atoms with van der Waals surface area (Å²) in [6, 6.07) is 3.15. The fourth-order valence-electron chi connectivity index (χ4n) is 4.83. The zero-order valence-corrected chi connectivity index (χ0v) is 18.6. The lowest BCUT2D eigenvalue weighted by atomic mass is 9.86. The topological polar surface area (TPSA) is 120 Å². The first-order valence-corrected chi connectivity index (χ1v) is 10.7. The van der Waals surface area contributed by atoms with Gasteiger partial charge in [0.25, 0.3) is 0 Å². The van der Waals surface area contributed by atoms with Crippen LogP contribution in [0, 0.1) is 11.8 Å². The molecule has 2 aliphatic rings. The average Bonchev–Trinajstić information content (AvgIpc) is 2.98. The van der Waals surface area contributed by atoms with Crippen molar-refractivity contribution in [1.82, 2.24) is 15.5 Å². The Morgan fingerprint density at radius 3 is 2.74 bits per heavy atom. The van der Waals surface area contributed by atoms with E-state index in [9.17, 15) is 19.6 Å². The van der Waals surface area contributed by atoms with E-state index in [1.54, 1.807) is 6.07 Å². The molecule has 3 rings (SSSR count). The van der Waals surface area contributed by atoms with Crippen LogP contribution >= 0.6 is 0 Å². The normalized spacial score (nSPS) is 23.5. The number of ether oxygens (including phenoxy) is 1. The Morgan fingerprint density at radius 1 is 1.39 bits per heavy atom. The molecule has 1 aliphatic carbocycles. The van der Waals surface area contributed by atoms with Crippen molar-refractivity contribution in [3.05, 3.63) is 23.3 Å². The predicted molar refractivity (Wildman–Crippen MR) is 116 cm³/mol. The SMILES string of the molecule is CNC(=O)N1CCNC[C@@]12C(=O)C[C@@H](Cc1ccc(NO)c(OC)c1CC(C)C)C2=O. The molecule has 1 aromatic carbocycles. The Labute approximate surface area is 182 Å². The molecule has 1 spiro atoms. The number of hydrogen-bond donors (Lipinski definition) is 4. The number of carbonyl (C=O) groups excluding carboxylic acids is 3. The third kappa shape index (κ3) is 3.99. The molecule has 1 aliphatic heterocycles. The molecule has 9 heteroatoms. The van der Waals surface area contributed by atoms with Gasteiger partial charge in [0, 0.05) is 39.0 Å². The van der Waals surface area contributed by atoms with E-state index in [0.29, 0.717) is 43.3 Å². The van der Waals surface area contributed by atoms with E-state index in [4.69, 9.17) is 4.74 Å². The molecule has 1 saturated heterocycles. The van der Waals surface area contributed by atoms with Crippen molar-refractivity contribution in [2.45, 2.75) is 38.6 Å². The largest absolute Gasteiger partial charge is 0.494 e. The van der Waals surface area contributed by atoms with Gasteiger partial charge in [-0.15, -0.1) is 0 Å². The standard InChI is InChI=1S/C22H32N4O5/c1-13(2)9-16-14(5-6-17(25-30)19(16)31-4)10-15-11-18(27)22(20(15)28)12-24-7-8-26(22)21(29)23-3/h5-6,13,15,24-25,30H,7-12H2,1-4H3,(H,23,29)/t15-,22+/m1/s1. The van der Waals surface area contributed by atoms with Gasteiger partial charge in [-0.2, -0.15) is 0 Å². The van der Waals surface area contributed by atoms with Crippen LogP contribution < -0.4 is 20.9 Å². The second-order valence-corrected chi connectivity index (χ2v) is 8.63. The summed E-state index contributed by atoms with van der Waals surface area (Å²) in [5.41, 5.74) is 2.98. The summed E-state index contributed by atoms with van der Waals surface area (Å²) in [7, 11) is 3.04. The van der Waals surface area contributed by atoms with Crippen molar-refractivity contribution in [2.75, 3.05) is 39.3 Å². The first kappa shape index (κ1) is 23.0. The van der Waals surface area contributed by atoms with Crippen LogP contribution in [0.1, 0.15) is 31.4 Å². The van der Waals surface area contributed by atoms with Crippen molar-refractivity contribution < 1.29 is 24.3 Å². The van der Waals surface area contributed by atoms with Crippen molar-refractivity contribution >= 4 is 23.3 Å². The highest BCUT2D eigenvalue weighted by atomic mass is 16.5. The maximum atomic E-state index is 13.6. The smallest absolute Gasteiger partial charge is 0.318 e. The fraction of sp³-hybridized carbons (Fsp3) is 0.591. The highest BCUT2D eigenvalue weighted by Crippen LogP contribution is 2.39. The van der Waals surface area contributed by atoms with Gasteiger partial charge in [0.15, 0.2) is 17.1 Å². The molecule has 170 valence electrons. The lowest BCUT2D eigenvalue weighted by Crippen LogP contribution is -2.70. The number of nitrogens with one attached hydrogen (secondary N) is 3. The summed E-state index contributed by atoms with van der Waals surface area (Å²) in [6.45, 7) is 5.13. The first-order chi connectivity index (χ1) is 14.8. The molecule has 9 nitrogen and oxygen atoms in total. The Kier molecular flexibility index (Phi) is 6.86. The number of methoxy groups -OCH3 is 1. The van der Waals surface area contributed by atoms with E-state index in [0.717, 1.165) is 11.1 Å². The molecule has 2 atom stereocenters. The number of benzene rings is 1. The number of anilines is 1. The quantitative estimate of drug-likeness (QED) is 0.396. The van der Waals surface area contributed by atoms with Gasteiger partial charge in [0.1, 0.15) is 11.4 Å². The molecular formula is C22H32N4O5. The van der Waals surface area contributed by atoms with E-state index in [-0.39, 0.29) is 24.5 Å². The summed E-state index contributed by atoms with van der Waals surface area (Å²) in [6.07, 6.45) is 1.16. The van der Waals surface area contributed by atoms with Gasteiger partial charge in [-0.1, -0.05) is 19.9 Å². The Balaban J connectivity index is 1.96. The van der Waals surface area contributed by atoms with E-state index in [1.165, 1.54) is 19.1 Å². The van der Waals surface area contributed by atoms with Gasteiger partial charge in [-0.3, -0.25) is 20.3 Å².